The fraction of sp³-hybridized carbons (Fsp3) is 0.472. The van der Waals surface area contributed by atoms with Crippen LogP contribution in [0.15, 0.2) is 66.7 Å². The van der Waals surface area contributed by atoms with E-state index in [9.17, 15) is 9.59 Å². The second-order valence-electron chi connectivity index (χ2n) is 17.7. The molecule has 0 spiro atoms. The Kier molecular flexibility index (Phi) is 17.0. The first-order valence-electron chi connectivity index (χ1n) is 22.9. The zero-order valence-electron chi connectivity index (χ0n) is 41.3. The van der Waals surface area contributed by atoms with E-state index in [1.807, 2.05) is 24.3 Å². The van der Waals surface area contributed by atoms with Crippen molar-refractivity contribution in [3.05, 3.63) is 100 Å². The second-order valence-corrected chi connectivity index (χ2v) is 17.7. The van der Waals surface area contributed by atoms with Crippen molar-refractivity contribution in [2.24, 2.45) is 0 Å². The van der Waals surface area contributed by atoms with Crippen LogP contribution < -0.4 is 42.6 Å². The van der Waals surface area contributed by atoms with Crippen molar-refractivity contribution >= 4 is 11.8 Å². The number of allylic oxidation sites excluding steroid dienone is 1. The SMILES string of the molecule is COc1ccc(CC2c3cc(OC)c(OC)cc3CC[N+]2(C)CCCC(=O)/C=C\C(=O)OCCC[N+]2(C)CCc3cc(OC)c(OC)c(OC)c3C2Cc2ccc(OC)c(OC)c2)cc1OC. The molecule has 4 atom stereocenters. The van der Waals surface area contributed by atoms with Gasteiger partial charge in [0.15, 0.2) is 51.8 Å². The quantitative estimate of drug-likeness (QED) is 0.0311. The summed E-state index contributed by atoms with van der Waals surface area (Å²) in [5.74, 6) is 5.25. The molecule has 2 heterocycles. The van der Waals surface area contributed by atoms with Crippen LogP contribution in [0.5, 0.6) is 51.7 Å². The van der Waals surface area contributed by atoms with E-state index in [0.29, 0.717) is 81.9 Å². The van der Waals surface area contributed by atoms with E-state index in [4.69, 9.17) is 47.4 Å². The molecule has 67 heavy (non-hydrogen) atoms. The van der Waals surface area contributed by atoms with Crippen LogP contribution in [-0.4, -0.2) is 132 Å². The van der Waals surface area contributed by atoms with Crippen molar-refractivity contribution in [2.75, 3.05) is 111 Å². The first-order valence-corrected chi connectivity index (χ1v) is 22.9. The molecule has 6 rings (SSSR count). The van der Waals surface area contributed by atoms with Gasteiger partial charge in [-0.05, 0) is 70.8 Å². The summed E-state index contributed by atoms with van der Waals surface area (Å²) in [5.41, 5.74) is 6.82. The number of esters is 1. The van der Waals surface area contributed by atoms with E-state index in [0.717, 1.165) is 72.2 Å². The number of benzene rings is 4. The lowest BCUT2D eigenvalue weighted by Gasteiger charge is -2.46. The van der Waals surface area contributed by atoms with E-state index in [1.54, 1.807) is 64.0 Å². The fourth-order valence-corrected chi connectivity index (χ4v) is 10.1. The molecule has 0 fully saturated rings. The van der Waals surface area contributed by atoms with Crippen LogP contribution in [0.3, 0.4) is 0 Å². The molecule has 2 aliphatic rings. The number of hydrogen-bond acceptors (Lipinski definition) is 12. The highest BCUT2D eigenvalue weighted by Crippen LogP contribution is 2.51. The van der Waals surface area contributed by atoms with Crippen LogP contribution >= 0.6 is 0 Å². The molecule has 362 valence electrons. The largest absolute Gasteiger partial charge is 0.493 e. The summed E-state index contributed by atoms with van der Waals surface area (Å²) >= 11 is 0. The zero-order chi connectivity index (χ0) is 48.3. The fourth-order valence-electron chi connectivity index (χ4n) is 10.1. The normalized spacial score (nSPS) is 19.7. The number of ether oxygens (including phenoxy) is 10. The number of methoxy groups -OCH3 is 9. The molecule has 14 nitrogen and oxygen atoms in total. The maximum atomic E-state index is 13.2. The third-order valence-electron chi connectivity index (χ3n) is 13.9. The van der Waals surface area contributed by atoms with Gasteiger partial charge < -0.3 is 56.3 Å². The zero-order valence-corrected chi connectivity index (χ0v) is 41.3. The molecule has 0 aliphatic carbocycles. The van der Waals surface area contributed by atoms with Crippen LogP contribution in [0.2, 0.25) is 0 Å². The van der Waals surface area contributed by atoms with E-state index in [1.165, 1.54) is 23.3 Å². The van der Waals surface area contributed by atoms with E-state index >= 15 is 0 Å². The van der Waals surface area contributed by atoms with Crippen LogP contribution in [0.1, 0.15) is 64.7 Å². The van der Waals surface area contributed by atoms with Crippen molar-refractivity contribution in [1.29, 1.82) is 0 Å². The van der Waals surface area contributed by atoms with Gasteiger partial charge in [0.25, 0.3) is 0 Å². The predicted molar refractivity (Wildman–Crippen MR) is 256 cm³/mol. The molecule has 4 aromatic rings. The third-order valence-corrected chi connectivity index (χ3v) is 13.9. The number of carbonyl (C=O) groups is 2. The lowest BCUT2D eigenvalue weighted by Crippen LogP contribution is -2.52. The molecule has 0 aromatic heterocycles. The van der Waals surface area contributed by atoms with Gasteiger partial charge in [-0.25, -0.2) is 4.79 Å². The van der Waals surface area contributed by atoms with Gasteiger partial charge in [-0.2, -0.15) is 0 Å². The number of ketones is 1. The first kappa shape index (κ1) is 50.3. The lowest BCUT2D eigenvalue weighted by atomic mass is 9.85. The second kappa shape index (κ2) is 22.6. The van der Waals surface area contributed by atoms with Gasteiger partial charge in [0.05, 0.1) is 116 Å². The average molecular weight is 927 g/mol. The maximum absolute atomic E-state index is 13.2. The van der Waals surface area contributed by atoms with Crippen LogP contribution in [-0.2, 0) is 40.0 Å². The lowest BCUT2D eigenvalue weighted by molar-refractivity contribution is -0.941. The van der Waals surface area contributed by atoms with Crippen molar-refractivity contribution in [3.63, 3.8) is 0 Å². The molecule has 0 saturated carbocycles. The number of rotatable bonds is 23. The highest BCUT2D eigenvalue weighted by molar-refractivity contribution is 5.95. The Labute approximate surface area is 396 Å². The van der Waals surface area contributed by atoms with Crippen LogP contribution in [0.4, 0.5) is 0 Å². The number of nitrogens with zero attached hydrogens (tertiary/aromatic N) is 2. The molecular weight excluding hydrogens is 857 g/mol. The number of quaternary nitrogens is 2. The summed E-state index contributed by atoms with van der Waals surface area (Å²) in [4.78, 5) is 26.2. The summed E-state index contributed by atoms with van der Waals surface area (Å²) in [7, 11) is 19.3. The van der Waals surface area contributed by atoms with Gasteiger partial charge in [0.1, 0.15) is 12.1 Å². The maximum Gasteiger partial charge on any atom is 0.330 e. The summed E-state index contributed by atoms with van der Waals surface area (Å²) in [6, 6.07) is 18.3. The Balaban J connectivity index is 1.09. The molecule has 14 heteroatoms. The van der Waals surface area contributed by atoms with Gasteiger partial charge in [-0.3, -0.25) is 4.79 Å². The van der Waals surface area contributed by atoms with Crippen molar-refractivity contribution in [2.45, 2.75) is 57.0 Å². The minimum Gasteiger partial charge on any atom is -0.493 e. The van der Waals surface area contributed by atoms with Gasteiger partial charge in [-0.1, -0.05) is 12.1 Å². The molecule has 4 aromatic carbocycles. The molecule has 0 bridgehead atoms. The standard InChI is InChI=1S/C53H70N2O12/c1-54(25-21-37-32-47(62-7)48(63-8)34-40(37)41(54)28-35-15-18-43(58-3)45(30-35)60-5)23-12-14-39(56)17-20-50(57)67-27-13-24-55(2)26-22-38-33-49(64-9)52(65-10)53(66-11)51(38)42(55)29-36-16-19-44(59-4)46(31-36)61-6/h15-20,30-34,41-42H,12-14,21-29H2,1-11H3/q+2/b20-17-. The molecular formula is C53H70N2O12+2. The summed E-state index contributed by atoms with van der Waals surface area (Å²) in [5, 5.41) is 0. The van der Waals surface area contributed by atoms with Crippen LogP contribution in [0, 0.1) is 0 Å². The summed E-state index contributed by atoms with van der Waals surface area (Å²) in [6.07, 6.45) is 7.24. The van der Waals surface area contributed by atoms with Gasteiger partial charge in [0.2, 0.25) is 5.75 Å². The Morgan fingerprint density at radius 1 is 0.537 bits per heavy atom. The first-order chi connectivity index (χ1) is 32.3. The van der Waals surface area contributed by atoms with E-state index in [-0.39, 0.29) is 24.5 Å². The Morgan fingerprint density at radius 3 is 1.60 bits per heavy atom. The van der Waals surface area contributed by atoms with Crippen molar-refractivity contribution < 1.29 is 65.9 Å². The highest BCUT2D eigenvalue weighted by atomic mass is 16.5. The highest BCUT2D eigenvalue weighted by Gasteiger charge is 2.43. The number of likely N-dealkylation sites (N-methyl/N-ethyl adjacent to an activating group) is 2. The summed E-state index contributed by atoms with van der Waals surface area (Å²) in [6.45, 7) is 3.42. The average Bonchev–Trinajstić information content (AvgIpc) is 3.35. The Morgan fingerprint density at radius 2 is 1.03 bits per heavy atom. The number of hydrogen-bond donors (Lipinski definition) is 0. The van der Waals surface area contributed by atoms with Gasteiger partial charge in [-0.15, -0.1) is 0 Å². The molecule has 0 saturated heterocycles. The smallest absolute Gasteiger partial charge is 0.330 e. The van der Waals surface area contributed by atoms with Crippen molar-refractivity contribution in [1.82, 2.24) is 0 Å². The molecule has 0 N–H and O–H groups in total. The monoisotopic (exact) mass is 926 g/mol. The summed E-state index contributed by atoms with van der Waals surface area (Å²) < 4.78 is 58.5. The predicted octanol–water partition coefficient (Wildman–Crippen LogP) is 7.88. The van der Waals surface area contributed by atoms with E-state index < -0.39 is 5.97 Å². The van der Waals surface area contributed by atoms with Gasteiger partial charge >= 0.3 is 5.97 Å². The van der Waals surface area contributed by atoms with Crippen molar-refractivity contribution in [3.8, 4) is 51.7 Å². The topological polar surface area (TPSA) is 126 Å². The molecule has 4 unspecified atom stereocenters. The van der Waals surface area contributed by atoms with Gasteiger partial charge in [0, 0.05) is 56.6 Å². The third kappa shape index (κ3) is 11.2. The van der Waals surface area contributed by atoms with Crippen LogP contribution in [0.25, 0.3) is 0 Å². The number of fused-ring (bicyclic) bond motifs is 2. The number of carbonyl (C=O) groups excluding carboxylic acids is 2. The minimum atomic E-state index is -0.536. The minimum absolute atomic E-state index is 0.0401. The molecule has 0 amide bonds. The van der Waals surface area contributed by atoms with E-state index in [2.05, 4.69) is 44.4 Å². The Bertz CT molecular complexity index is 2400. The Hall–Kier alpha value is -6.12. The molecule has 0 radical (unpaired) electrons. The molecule has 2 aliphatic heterocycles.